The number of ether oxygens (including phenoxy) is 2. The van der Waals surface area contributed by atoms with Crippen LogP contribution in [-0.4, -0.2) is 30.6 Å². The van der Waals surface area contributed by atoms with Crippen molar-refractivity contribution in [2.45, 2.75) is 18.4 Å². The lowest BCUT2D eigenvalue weighted by molar-refractivity contribution is -0.173. The van der Waals surface area contributed by atoms with Crippen molar-refractivity contribution in [1.29, 1.82) is 0 Å². The predicted molar refractivity (Wildman–Crippen MR) is 52.4 cm³/mol. The number of cyclic esters (lactones) is 1. The van der Waals surface area contributed by atoms with Gasteiger partial charge in [0.1, 0.15) is 0 Å². The Balaban J connectivity index is 1.88. The number of carbonyl (C=O) groups excluding carboxylic acids is 2. The lowest BCUT2D eigenvalue weighted by Gasteiger charge is -2.50. The summed E-state index contributed by atoms with van der Waals surface area (Å²) in [5, 5.41) is 0. The SMILES string of the molecule is O=C1OCCC23C=CC(CC12)C1(CO1)C3=O. The zero-order chi connectivity index (χ0) is 11.0. The Labute approximate surface area is 92.6 Å². The summed E-state index contributed by atoms with van der Waals surface area (Å²) in [6, 6.07) is 0. The van der Waals surface area contributed by atoms with Crippen LogP contribution in [0.4, 0.5) is 0 Å². The molecule has 5 rings (SSSR count). The van der Waals surface area contributed by atoms with Crippen LogP contribution in [0.1, 0.15) is 12.8 Å². The Morgan fingerprint density at radius 2 is 2.19 bits per heavy atom. The highest BCUT2D eigenvalue weighted by Gasteiger charge is 2.71. The van der Waals surface area contributed by atoms with E-state index in [2.05, 4.69) is 6.08 Å². The highest BCUT2D eigenvalue weighted by atomic mass is 16.6. The highest BCUT2D eigenvalue weighted by Crippen LogP contribution is 2.60. The van der Waals surface area contributed by atoms with E-state index in [0.29, 0.717) is 26.1 Å². The minimum Gasteiger partial charge on any atom is -0.465 e. The maximum absolute atomic E-state index is 12.5. The van der Waals surface area contributed by atoms with E-state index in [1.54, 1.807) is 0 Å². The van der Waals surface area contributed by atoms with E-state index in [1.165, 1.54) is 0 Å². The van der Waals surface area contributed by atoms with Gasteiger partial charge in [-0.05, 0) is 12.8 Å². The fourth-order valence-electron chi connectivity index (χ4n) is 3.61. The number of hydrogen-bond acceptors (Lipinski definition) is 4. The maximum Gasteiger partial charge on any atom is 0.310 e. The van der Waals surface area contributed by atoms with Crippen LogP contribution >= 0.6 is 0 Å². The van der Waals surface area contributed by atoms with Gasteiger partial charge in [0.25, 0.3) is 0 Å². The molecular weight excluding hydrogens is 208 g/mol. The molecular formula is C12H12O4. The number of carbonyl (C=O) groups is 2. The molecule has 2 heterocycles. The van der Waals surface area contributed by atoms with Crippen molar-refractivity contribution in [3.63, 3.8) is 0 Å². The van der Waals surface area contributed by atoms with Crippen LogP contribution in [0.2, 0.25) is 0 Å². The standard InChI is InChI=1S/C12H12O4/c13-9-8-5-7-1-2-11(8,3-4-15-9)10(14)12(7)6-16-12/h1-2,7-8H,3-6H2. The first-order valence-electron chi connectivity index (χ1n) is 5.74. The Kier molecular flexibility index (Phi) is 1.34. The number of Topliss-reactive ketones (excluding diaryl/α,β-unsaturated/α-hetero) is 1. The second-order valence-corrected chi connectivity index (χ2v) is 5.22. The van der Waals surface area contributed by atoms with Crippen LogP contribution < -0.4 is 0 Å². The summed E-state index contributed by atoms with van der Waals surface area (Å²) in [4.78, 5) is 24.2. The average Bonchev–Trinajstić information content (AvgIpc) is 3.07. The highest BCUT2D eigenvalue weighted by molar-refractivity contribution is 6.02. The van der Waals surface area contributed by atoms with Crippen molar-refractivity contribution in [3.05, 3.63) is 12.2 Å². The number of hydrogen-bond donors (Lipinski definition) is 0. The molecule has 16 heavy (non-hydrogen) atoms. The number of esters is 1. The molecule has 3 aliphatic carbocycles. The van der Waals surface area contributed by atoms with Crippen LogP contribution in [0.25, 0.3) is 0 Å². The second-order valence-electron chi connectivity index (χ2n) is 5.22. The molecule has 0 aromatic rings. The molecule has 0 amide bonds. The van der Waals surface area contributed by atoms with Crippen molar-refractivity contribution in [1.82, 2.24) is 0 Å². The van der Waals surface area contributed by atoms with Gasteiger partial charge in [0.15, 0.2) is 11.4 Å². The molecule has 1 saturated carbocycles. The van der Waals surface area contributed by atoms with Gasteiger partial charge < -0.3 is 9.47 Å². The monoisotopic (exact) mass is 220 g/mol. The first-order chi connectivity index (χ1) is 7.69. The van der Waals surface area contributed by atoms with Crippen molar-refractivity contribution < 1.29 is 19.1 Å². The lowest BCUT2D eigenvalue weighted by atomic mass is 9.52. The van der Waals surface area contributed by atoms with Crippen LogP contribution in [0.5, 0.6) is 0 Å². The Bertz CT molecular complexity index is 434. The van der Waals surface area contributed by atoms with Gasteiger partial charge in [0.05, 0.1) is 24.5 Å². The fraction of sp³-hybridized carbons (Fsp3) is 0.667. The number of rotatable bonds is 0. The smallest absolute Gasteiger partial charge is 0.310 e. The third-order valence-electron chi connectivity index (χ3n) is 4.64. The minimum atomic E-state index is -0.611. The van der Waals surface area contributed by atoms with Gasteiger partial charge in [-0.2, -0.15) is 0 Å². The van der Waals surface area contributed by atoms with E-state index < -0.39 is 11.0 Å². The Hall–Kier alpha value is -1.16. The van der Waals surface area contributed by atoms with E-state index in [1.807, 2.05) is 6.08 Å². The summed E-state index contributed by atoms with van der Waals surface area (Å²) in [5.41, 5.74) is -1.18. The molecule has 0 radical (unpaired) electrons. The molecule has 0 N–H and O–H groups in total. The fourth-order valence-corrected chi connectivity index (χ4v) is 3.61. The van der Waals surface area contributed by atoms with Crippen LogP contribution in [0, 0.1) is 17.3 Å². The zero-order valence-electron chi connectivity index (χ0n) is 8.77. The quantitative estimate of drug-likeness (QED) is 0.338. The van der Waals surface area contributed by atoms with Gasteiger partial charge in [0.2, 0.25) is 0 Å². The molecule has 4 atom stereocenters. The lowest BCUT2D eigenvalue weighted by Crippen LogP contribution is -2.60. The molecule has 2 aliphatic heterocycles. The predicted octanol–water partition coefficient (Wildman–Crippen LogP) is 0.464. The maximum atomic E-state index is 12.5. The van der Waals surface area contributed by atoms with Gasteiger partial charge in [-0.3, -0.25) is 9.59 Å². The molecule has 2 spiro atoms. The summed E-state index contributed by atoms with van der Waals surface area (Å²) >= 11 is 0. The molecule has 2 saturated heterocycles. The van der Waals surface area contributed by atoms with Crippen molar-refractivity contribution >= 4 is 11.8 Å². The second kappa shape index (κ2) is 2.40. The molecule has 4 heteroatoms. The number of ketones is 1. The third kappa shape index (κ3) is 0.755. The van der Waals surface area contributed by atoms with Crippen molar-refractivity contribution in [2.75, 3.05) is 13.2 Å². The molecule has 0 aromatic heterocycles. The van der Waals surface area contributed by atoms with Crippen LogP contribution in [-0.2, 0) is 19.1 Å². The summed E-state index contributed by atoms with van der Waals surface area (Å²) in [5.74, 6) is -0.263. The molecule has 84 valence electrons. The number of allylic oxidation sites excluding steroid dienone is 1. The summed E-state index contributed by atoms with van der Waals surface area (Å²) in [7, 11) is 0. The molecule has 5 aliphatic rings. The first-order valence-corrected chi connectivity index (χ1v) is 5.74. The first kappa shape index (κ1) is 8.93. The van der Waals surface area contributed by atoms with Gasteiger partial charge in [-0.15, -0.1) is 0 Å². The van der Waals surface area contributed by atoms with Crippen molar-refractivity contribution in [2.24, 2.45) is 17.3 Å². The Morgan fingerprint density at radius 1 is 1.38 bits per heavy atom. The molecule has 3 fully saturated rings. The number of epoxide rings is 1. The van der Waals surface area contributed by atoms with Gasteiger partial charge in [0, 0.05) is 5.92 Å². The van der Waals surface area contributed by atoms with E-state index in [9.17, 15) is 9.59 Å². The normalized spacial score (nSPS) is 52.8. The van der Waals surface area contributed by atoms with E-state index in [4.69, 9.17) is 9.47 Å². The topological polar surface area (TPSA) is 55.9 Å². The van der Waals surface area contributed by atoms with E-state index in [-0.39, 0.29) is 23.6 Å². The van der Waals surface area contributed by atoms with E-state index in [0.717, 1.165) is 0 Å². The van der Waals surface area contributed by atoms with Crippen molar-refractivity contribution in [3.8, 4) is 0 Å². The van der Waals surface area contributed by atoms with Crippen LogP contribution in [0.3, 0.4) is 0 Å². The summed E-state index contributed by atoms with van der Waals surface area (Å²) < 4.78 is 10.5. The minimum absolute atomic E-state index is 0.0810. The molecule has 4 unspecified atom stereocenters. The molecule has 0 aromatic carbocycles. The Morgan fingerprint density at radius 3 is 2.94 bits per heavy atom. The van der Waals surface area contributed by atoms with E-state index >= 15 is 0 Å². The molecule has 4 nitrogen and oxygen atoms in total. The zero-order valence-corrected chi connectivity index (χ0v) is 8.77. The van der Waals surface area contributed by atoms with Crippen LogP contribution in [0.15, 0.2) is 12.2 Å². The molecule has 2 bridgehead atoms. The van der Waals surface area contributed by atoms with Gasteiger partial charge in [-0.1, -0.05) is 12.2 Å². The summed E-state index contributed by atoms with van der Waals surface area (Å²) in [6.07, 6.45) is 5.35. The third-order valence-corrected chi connectivity index (χ3v) is 4.64. The average molecular weight is 220 g/mol. The van der Waals surface area contributed by atoms with Gasteiger partial charge >= 0.3 is 5.97 Å². The largest absolute Gasteiger partial charge is 0.465 e. The van der Waals surface area contributed by atoms with Gasteiger partial charge in [-0.25, -0.2) is 0 Å². The summed E-state index contributed by atoms with van der Waals surface area (Å²) in [6.45, 7) is 0.885.